The Labute approximate surface area is 137 Å². The lowest BCUT2D eigenvalue weighted by Crippen LogP contribution is -2.41. The van der Waals surface area contributed by atoms with Crippen LogP contribution < -0.4 is 10.6 Å². The average molecular weight is 318 g/mol. The highest BCUT2D eigenvalue weighted by atomic mass is 16.3. The molecule has 0 aromatic heterocycles. The van der Waals surface area contributed by atoms with Crippen molar-refractivity contribution in [1.29, 1.82) is 0 Å². The predicted octanol–water partition coefficient (Wildman–Crippen LogP) is 1.70. The van der Waals surface area contributed by atoms with Gasteiger partial charge in [-0.1, -0.05) is 30.0 Å². The number of aliphatic hydroxyl groups excluding tert-OH is 1. The van der Waals surface area contributed by atoms with Crippen LogP contribution in [0.5, 0.6) is 0 Å². The maximum absolute atomic E-state index is 12.1. The van der Waals surface area contributed by atoms with Crippen molar-refractivity contribution in [3.8, 4) is 0 Å². The van der Waals surface area contributed by atoms with Crippen molar-refractivity contribution in [1.82, 2.24) is 10.6 Å². The molecule has 0 radical (unpaired) electrons. The quantitative estimate of drug-likeness (QED) is 0.747. The number of carbonyl (C=O) groups is 2. The van der Waals surface area contributed by atoms with Crippen molar-refractivity contribution in [2.75, 3.05) is 13.1 Å². The summed E-state index contributed by atoms with van der Waals surface area (Å²) < 4.78 is 0. The Balaban J connectivity index is 1.74. The second kappa shape index (κ2) is 8.11. The van der Waals surface area contributed by atoms with Crippen LogP contribution in [0.2, 0.25) is 0 Å². The van der Waals surface area contributed by atoms with Gasteiger partial charge in [-0.15, -0.1) is 0 Å². The van der Waals surface area contributed by atoms with E-state index in [2.05, 4.69) is 10.6 Å². The molecule has 2 amide bonds. The number of aliphatic hydroxyl groups is 1. The summed E-state index contributed by atoms with van der Waals surface area (Å²) in [5.41, 5.74) is 2.58. The molecule has 3 N–H and O–H groups in total. The number of amides is 2. The van der Waals surface area contributed by atoms with Gasteiger partial charge in [-0.05, 0) is 44.7 Å². The topological polar surface area (TPSA) is 78.4 Å². The Hall–Kier alpha value is -1.88. The summed E-state index contributed by atoms with van der Waals surface area (Å²) in [5.74, 6) is -0.247. The van der Waals surface area contributed by atoms with Crippen molar-refractivity contribution in [2.45, 2.75) is 45.6 Å². The van der Waals surface area contributed by atoms with E-state index in [1.807, 2.05) is 19.9 Å². The van der Waals surface area contributed by atoms with Crippen molar-refractivity contribution in [3.05, 3.63) is 34.9 Å². The minimum absolute atomic E-state index is 0.0801. The van der Waals surface area contributed by atoms with Crippen LogP contribution in [0.15, 0.2) is 18.2 Å². The predicted molar refractivity (Wildman–Crippen MR) is 89.2 cm³/mol. The zero-order chi connectivity index (χ0) is 16.8. The van der Waals surface area contributed by atoms with Crippen molar-refractivity contribution < 1.29 is 14.7 Å². The maximum atomic E-state index is 12.1. The minimum Gasteiger partial charge on any atom is -0.391 e. The molecule has 0 bridgehead atoms. The number of rotatable bonds is 6. The van der Waals surface area contributed by atoms with Gasteiger partial charge in [0.1, 0.15) is 0 Å². The van der Waals surface area contributed by atoms with Crippen LogP contribution in [0, 0.1) is 19.8 Å². The fraction of sp³-hybridized carbons (Fsp3) is 0.556. The molecule has 1 fully saturated rings. The summed E-state index contributed by atoms with van der Waals surface area (Å²) in [6, 6.07) is 5.59. The SMILES string of the molecule is Cc1cc(C)cc(C(=O)NCC(=O)NCC(O)C2CCCC2)c1. The summed E-state index contributed by atoms with van der Waals surface area (Å²) in [5, 5.41) is 15.3. The lowest BCUT2D eigenvalue weighted by molar-refractivity contribution is -0.120. The fourth-order valence-corrected chi connectivity index (χ4v) is 3.16. The number of hydrogen-bond donors (Lipinski definition) is 3. The van der Waals surface area contributed by atoms with E-state index in [1.54, 1.807) is 12.1 Å². The molecule has 0 saturated heterocycles. The molecule has 1 saturated carbocycles. The second-order valence-electron chi connectivity index (χ2n) is 6.48. The normalized spacial score (nSPS) is 16.1. The van der Waals surface area contributed by atoms with Gasteiger partial charge in [-0.3, -0.25) is 9.59 Å². The molecule has 1 unspecified atom stereocenters. The highest BCUT2D eigenvalue weighted by molar-refractivity contribution is 5.96. The van der Waals surface area contributed by atoms with Gasteiger partial charge in [-0.25, -0.2) is 0 Å². The van der Waals surface area contributed by atoms with Gasteiger partial charge in [0.25, 0.3) is 5.91 Å². The van der Waals surface area contributed by atoms with Crippen LogP contribution in [0.1, 0.15) is 47.2 Å². The molecule has 1 aliphatic rings. The van der Waals surface area contributed by atoms with E-state index in [9.17, 15) is 14.7 Å². The fourth-order valence-electron chi connectivity index (χ4n) is 3.16. The van der Waals surface area contributed by atoms with Gasteiger partial charge < -0.3 is 15.7 Å². The van der Waals surface area contributed by atoms with Crippen LogP contribution in [0.3, 0.4) is 0 Å². The van der Waals surface area contributed by atoms with Crippen LogP contribution in [0.25, 0.3) is 0 Å². The molecule has 5 nitrogen and oxygen atoms in total. The maximum Gasteiger partial charge on any atom is 0.251 e. The molecule has 1 atom stereocenters. The zero-order valence-corrected chi connectivity index (χ0v) is 13.9. The van der Waals surface area contributed by atoms with Crippen LogP contribution in [0.4, 0.5) is 0 Å². The van der Waals surface area contributed by atoms with E-state index in [0.29, 0.717) is 11.5 Å². The summed E-state index contributed by atoms with van der Waals surface area (Å²) in [7, 11) is 0. The molecule has 1 aliphatic carbocycles. The van der Waals surface area contributed by atoms with E-state index in [4.69, 9.17) is 0 Å². The molecule has 0 spiro atoms. The molecule has 0 heterocycles. The number of aryl methyl sites for hydroxylation is 2. The third kappa shape index (κ3) is 5.36. The third-order valence-corrected chi connectivity index (χ3v) is 4.35. The first-order valence-electron chi connectivity index (χ1n) is 8.27. The monoisotopic (exact) mass is 318 g/mol. The highest BCUT2D eigenvalue weighted by Gasteiger charge is 2.23. The summed E-state index contributed by atoms with van der Waals surface area (Å²) >= 11 is 0. The van der Waals surface area contributed by atoms with E-state index in [-0.39, 0.29) is 24.9 Å². The third-order valence-electron chi connectivity index (χ3n) is 4.35. The smallest absolute Gasteiger partial charge is 0.251 e. The molecule has 1 aromatic carbocycles. The van der Waals surface area contributed by atoms with Crippen molar-refractivity contribution in [2.24, 2.45) is 5.92 Å². The van der Waals surface area contributed by atoms with Gasteiger partial charge in [0.05, 0.1) is 12.6 Å². The number of benzene rings is 1. The van der Waals surface area contributed by atoms with Crippen molar-refractivity contribution >= 4 is 11.8 Å². The van der Waals surface area contributed by atoms with Gasteiger partial charge >= 0.3 is 0 Å². The Kier molecular flexibility index (Phi) is 6.16. The van der Waals surface area contributed by atoms with Gasteiger partial charge in [0.2, 0.25) is 5.91 Å². The summed E-state index contributed by atoms with van der Waals surface area (Å²) in [4.78, 5) is 23.9. The van der Waals surface area contributed by atoms with Crippen LogP contribution in [-0.4, -0.2) is 36.1 Å². The van der Waals surface area contributed by atoms with Gasteiger partial charge in [-0.2, -0.15) is 0 Å². The molecule has 0 aliphatic heterocycles. The molecule has 23 heavy (non-hydrogen) atoms. The first-order chi connectivity index (χ1) is 11.0. The summed E-state index contributed by atoms with van der Waals surface area (Å²) in [6.07, 6.45) is 3.88. The molecule has 1 aromatic rings. The number of carbonyl (C=O) groups excluding carboxylic acids is 2. The second-order valence-corrected chi connectivity index (χ2v) is 6.48. The molecular weight excluding hydrogens is 292 g/mol. The molecule has 2 rings (SSSR count). The van der Waals surface area contributed by atoms with E-state index in [0.717, 1.165) is 36.8 Å². The van der Waals surface area contributed by atoms with E-state index < -0.39 is 6.10 Å². The van der Waals surface area contributed by atoms with E-state index in [1.165, 1.54) is 0 Å². The molecule has 126 valence electrons. The standard InChI is InChI=1S/C18H26N2O3/c1-12-7-13(2)9-15(8-12)18(23)20-11-17(22)19-10-16(21)14-5-3-4-6-14/h7-9,14,16,21H,3-6,10-11H2,1-2H3,(H,19,22)(H,20,23). The lowest BCUT2D eigenvalue weighted by Gasteiger charge is -2.18. The minimum atomic E-state index is -0.489. The summed E-state index contributed by atoms with van der Waals surface area (Å²) in [6.45, 7) is 4.04. The van der Waals surface area contributed by atoms with Gasteiger partial charge in [0.15, 0.2) is 0 Å². The average Bonchev–Trinajstić information content (AvgIpc) is 3.03. The lowest BCUT2D eigenvalue weighted by atomic mass is 10.0. The zero-order valence-electron chi connectivity index (χ0n) is 13.9. The Bertz CT molecular complexity index is 545. The first-order valence-corrected chi connectivity index (χ1v) is 8.27. The van der Waals surface area contributed by atoms with Crippen molar-refractivity contribution in [3.63, 3.8) is 0 Å². The number of hydrogen-bond acceptors (Lipinski definition) is 3. The van der Waals surface area contributed by atoms with E-state index >= 15 is 0 Å². The first kappa shape index (κ1) is 17.5. The van der Waals surface area contributed by atoms with Crippen LogP contribution in [-0.2, 0) is 4.79 Å². The van der Waals surface area contributed by atoms with Crippen LogP contribution >= 0.6 is 0 Å². The largest absolute Gasteiger partial charge is 0.391 e. The molecular formula is C18H26N2O3. The Morgan fingerprint density at radius 3 is 2.35 bits per heavy atom. The Morgan fingerprint density at radius 1 is 1.13 bits per heavy atom. The number of nitrogens with one attached hydrogen (secondary N) is 2. The van der Waals surface area contributed by atoms with Gasteiger partial charge in [0, 0.05) is 12.1 Å². The Morgan fingerprint density at radius 2 is 1.74 bits per heavy atom. The molecule has 5 heteroatoms. The highest BCUT2D eigenvalue weighted by Crippen LogP contribution is 2.27.